The zero-order valence-electron chi connectivity index (χ0n) is 7.88. The van der Waals surface area contributed by atoms with E-state index in [4.69, 9.17) is 0 Å². The van der Waals surface area contributed by atoms with Crippen LogP contribution in [0.2, 0.25) is 0 Å². The molecule has 0 aliphatic heterocycles. The maximum atomic E-state index is 11.0. The summed E-state index contributed by atoms with van der Waals surface area (Å²) in [7, 11) is 0. The first-order valence-electron chi connectivity index (χ1n) is 4.80. The van der Waals surface area contributed by atoms with Crippen molar-refractivity contribution < 1.29 is 4.79 Å². The Labute approximate surface area is 74.9 Å². The molecule has 0 bridgehead atoms. The molecule has 1 aliphatic rings. The third-order valence-corrected chi connectivity index (χ3v) is 2.93. The van der Waals surface area contributed by atoms with E-state index in [2.05, 4.69) is 13.5 Å². The fourth-order valence-corrected chi connectivity index (χ4v) is 2.33. The summed E-state index contributed by atoms with van der Waals surface area (Å²) in [6, 6.07) is 0. The molecule has 0 heterocycles. The lowest BCUT2D eigenvalue weighted by Gasteiger charge is -2.34. The molecule has 1 nitrogen and oxygen atoms in total. The molecule has 0 aromatic heterocycles. The minimum Gasteiger partial charge on any atom is -0.303 e. The van der Waals surface area contributed by atoms with E-state index >= 15 is 0 Å². The number of carbonyl (C=O) groups is 1. The smallest absolute Gasteiger partial charge is 0.126 e. The maximum absolute atomic E-state index is 11.0. The van der Waals surface area contributed by atoms with Crippen molar-refractivity contribution in [1.82, 2.24) is 0 Å². The minimum atomic E-state index is -0.0561. The highest BCUT2D eigenvalue weighted by atomic mass is 16.1. The third-order valence-electron chi connectivity index (χ3n) is 2.93. The number of allylic oxidation sites excluding steroid dienone is 1. The van der Waals surface area contributed by atoms with E-state index in [1.807, 2.05) is 6.08 Å². The molecule has 0 amide bonds. The van der Waals surface area contributed by atoms with Crippen molar-refractivity contribution in [2.24, 2.45) is 11.3 Å². The Balaban J connectivity index is 2.63. The van der Waals surface area contributed by atoms with E-state index in [9.17, 15) is 4.79 Å². The number of aldehydes is 1. The molecule has 1 saturated carbocycles. The molecule has 1 fully saturated rings. The van der Waals surface area contributed by atoms with E-state index in [0.717, 1.165) is 25.5 Å². The summed E-state index contributed by atoms with van der Waals surface area (Å²) in [5, 5.41) is 0. The molecule has 1 heteroatoms. The van der Waals surface area contributed by atoms with E-state index in [1.165, 1.54) is 12.8 Å². The van der Waals surface area contributed by atoms with Gasteiger partial charge >= 0.3 is 0 Å². The quantitative estimate of drug-likeness (QED) is 0.465. The average Bonchev–Trinajstić information content (AvgIpc) is 2.05. The van der Waals surface area contributed by atoms with Gasteiger partial charge in [0.15, 0.2) is 0 Å². The summed E-state index contributed by atoms with van der Waals surface area (Å²) in [6.45, 7) is 5.95. The van der Waals surface area contributed by atoms with Gasteiger partial charge in [0.25, 0.3) is 0 Å². The Morgan fingerprint density at radius 1 is 1.67 bits per heavy atom. The first-order chi connectivity index (χ1) is 5.72. The molecule has 0 N–H and O–H groups in total. The SMILES string of the molecule is C=CCC1(C=O)CCCC(C)C1. The molecule has 0 aromatic rings. The van der Waals surface area contributed by atoms with Gasteiger partial charge in [-0.25, -0.2) is 0 Å². The van der Waals surface area contributed by atoms with Gasteiger partial charge in [0.2, 0.25) is 0 Å². The number of hydrogen-bond donors (Lipinski definition) is 0. The van der Waals surface area contributed by atoms with E-state index in [0.29, 0.717) is 5.92 Å². The van der Waals surface area contributed by atoms with Gasteiger partial charge in [-0.3, -0.25) is 0 Å². The molecule has 12 heavy (non-hydrogen) atoms. The first kappa shape index (κ1) is 9.50. The lowest BCUT2D eigenvalue weighted by molar-refractivity contribution is -0.118. The second kappa shape index (κ2) is 3.88. The summed E-state index contributed by atoms with van der Waals surface area (Å²) < 4.78 is 0. The average molecular weight is 166 g/mol. The fraction of sp³-hybridized carbons (Fsp3) is 0.727. The minimum absolute atomic E-state index is 0.0561. The van der Waals surface area contributed by atoms with E-state index in [-0.39, 0.29) is 5.41 Å². The highest BCUT2D eigenvalue weighted by molar-refractivity contribution is 5.60. The molecular formula is C11H18O. The van der Waals surface area contributed by atoms with Crippen molar-refractivity contribution in [3.63, 3.8) is 0 Å². The Morgan fingerprint density at radius 3 is 2.92 bits per heavy atom. The lowest BCUT2D eigenvalue weighted by Crippen LogP contribution is -2.28. The van der Waals surface area contributed by atoms with Crippen LogP contribution in [-0.4, -0.2) is 6.29 Å². The van der Waals surface area contributed by atoms with Crippen LogP contribution >= 0.6 is 0 Å². The molecule has 2 atom stereocenters. The van der Waals surface area contributed by atoms with Crippen molar-refractivity contribution in [2.45, 2.75) is 39.0 Å². The van der Waals surface area contributed by atoms with Crippen molar-refractivity contribution in [3.05, 3.63) is 12.7 Å². The van der Waals surface area contributed by atoms with E-state index in [1.54, 1.807) is 0 Å². The van der Waals surface area contributed by atoms with Gasteiger partial charge < -0.3 is 4.79 Å². The van der Waals surface area contributed by atoms with Gasteiger partial charge in [-0.1, -0.05) is 25.8 Å². The predicted molar refractivity (Wildman–Crippen MR) is 50.9 cm³/mol. The van der Waals surface area contributed by atoms with Gasteiger partial charge in [0.1, 0.15) is 6.29 Å². The zero-order valence-corrected chi connectivity index (χ0v) is 7.88. The van der Waals surface area contributed by atoms with Gasteiger partial charge in [0.05, 0.1) is 0 Å². The van der Waals surface area contributed by atoms with Gasteiger partial charge in [-0.2, -0.15) is 0 Å². The first-order valence-corrected chi connectivity index (χ1v) is 4.80. The third kappa shape index (κ3) is 1.96. The number of carbonyl (C=O) groups excluding carboxylic acids is 1. The number of hydrogen-bond acceptors (Lipinski definition) is 1. The molecular weight excluding hydrogens is 148 g/mol. The molecule has 0 saturated heterocycles. The molecule has 0 spiro atoms. The normalized spacial score (nSPS) is 35.9. The van der Waals surface area contributed by atoms with Gasteiger partial charge in [-0.15, -0.1) is 6.58 Å². The summed E-state index contributed by atoms with van der Waals surface area (Å²) >= 11 is 0. The molecule has 2 unspecified atom stereocenters. The van der Waals surface area contributed by atoms with Crippen molar-refractivity contribution in [3.8, 4) is 0 Å². The highest BCUT2D eigenvalue weighted by Crippen LogP contribution is 2.40. The summed E-state index contributed by atoms with van der Waals surface area (Å²) in [4.78, 5) is 11.0. The molecule has 68 valence electrons. The Morgan fingerprint density at radius 2 is 2.42 bits per heavy atom. The Hall–Kier alpha value is -0.590. The van der Waals surface area contributed by atoms with Crippen molar-refractivity contribution >= 4 is 6.29 Å². The van der Waals surface area contributed by atoms with Gasteiger partial charge in [0, 0.05) is 5.41 Å². The van der Waals surface area contributed by atoms with Crippen LogP contribution in [-0.2, 0) is 4.79 Å². The van der Waals surface area contributed by atoms with Crippen LogP contribution in [0.4, 0.5) is 0 Å². The van der Waals surface area contributed by atoms with Crippen LogP contribution < -0.4 is 0 Å². The summed E-state index contributed by atoms with van der Waals surface area (Å²) in [6.07, 6.45) is 8.51. The molecule has 1 aliphatic carbocycles. The van der Waals surface area contributed by atoms with E-state index < -0.39 is 0 Å². The number of rotatable bonds is 3. The Kier molecular flexibility index (Phi) is 3.07. The van der Waals surface area contributed by atoms with Crippen molar-refractivity contribution in [2.75, 3.05) is 0 Å². The topological polar surface area (TPSA) is 17.1 Å². The lowest BCUT2D eigenvalue weighted by atomic mass is 9.69. The Bertz CT molecular complexity index is 174. The second-order valence-corrected chi connectivity index (χ2v) is 4.17. The molecule has 0 radical (unpaired) electrons. The van der Waals surface area contributed by atoms with Gasteiger partial charge in [-0.05, 0) is 25.2 Å². The zero-order chi connectivity index (χ0) is 9.03. The standard InChI is InChI=1S/C11H18O/c1-3-6-11(9-12)7-4-5-10(2)8-11/h3,9-10H,1,4-8H2,2H3. The monoisotopic (exact) mass is 166 g/mol. The van der Waals surface area contributed by atoms with Crippen LogP contribution in [0, 0.1) is 11.3 Å². The largest absolute Gasteiger partial charge is 0.303 e. The van der Waals surface area contributed by atoms with Crippen molar-refractivity contribution in [1.29, 1.82) is 0 Å². The fourth-order valence-electron chi connectivity index (χ4n) is 2.33. The highest BCUT2D eigenvalue weighted by Gasteiger charge is 2.33. The second-order valence-electron chi connectivity index (χ2n) is 4.17. The van der Waals surface area contributed by atoms with Crippen LogP contribution in [0.25, 0.3) is 0 Å². The summed E-state index contributed by atoms with van der Waals surface area (Å²) in [5.41, 5.74) is -0.0561. The van der Waals surface area contributed by atoms with Crippen LogP contribution in [0.1, 0.15) is 39.0 Å². The summed E-state index contributed by atoms with van der Waals surface area (Å²) in [5.74, 6) is 0.712. The molecule has 1 rings (SSSR count). The van der Waals surface area contributed by atoms with Crippen LogP contribution in [0.5, 0.6) is 0 Å². The van der Waals surface area contributed by atoms with Crippen LogP contribution in [0.3, 0.4) is 0 Å². The predicted octanol–water partition coefficient (Wildman–Crippen LogP) is 2.96. The van der Waals surface area contributed by atoms with Crippen LogP contribution in [0.15, 0.2) is 12.7 Å². The maximum Gasteiger partial charge on any atom is 0.126 e. The molecule has 0 aromatic carbocycles.